The largest absolute Gasteiger partial charge is 0.386 e. The lowest BCUT2D eigenvalue weighted by Crippen LogP contribution is -2.33. The summed E-state index contributed by atoms with van der Waals surface area (Å²) in [6.45, 7) is 1.24. The summed E-state index contributed by atoms with van der Waals surface area (Å²) < 4.78 is 29.1. The van der Waals surface area contributed by atoms with Crippen LogP contribution in [0.1, 0.15) is 5.56 Å². The van der Waals surface area contributed by atoms with Crippen molar-refractivity contribution in [3.63, 3.8) is 0 Å². The topological polar surface area (TPSA) is 41.5 Å². The quantitative estimate of drug-likeness (QED) is 0.681. The lowest BCUT2D eigenvalue weighted by molar-refractivity contribution is -0.00425. The first kappa shape index (κ1) is 14.0. The van der Waals surface area contributed by atoms with Gasteiger partial charge in [-0.3, -0.25) is 0 Å². The Hall–Kier alpha value is -1.04. The summed E-state index contributed by atoms with van der Waals surface area (Å²) in [5.74, 6) is 0. The van der Waals surface area contributed by atoms with E-state index in [1.54, 1.807) is 0 Å². The fourth-order valence-electron chi connectivity index (χ4n) is 1.25. The summed E-state index contributed by atoms with van der Waals surface area (Å²) >= 11 is 0. The number of nitrogens with one attached hydrogen (secondary N) is 1. The maximum absolute atomic E-state index is 11.9. The smallest absolute Gasteiger partial charge is 0.265 e. The number of hydrogen-bond donors (Lipinski definition) is 2. The van der Waals surface area contributed by atoms with Crippen LogP contribution in [0.4, 0.5) is 8.78 Å². The summed E-state index contributed by atoms with van der Waals surface area (Å²) in [5, 5.41) is 11.5. The number of alkyl halides is 2. The Bertz CT molecular complexity index is 296. The van der Waals surface area contributed by atoms with Crippen LogP contribution >= 0.6 is 0 Å². The number of aliphatic hydroxyl groups is 1. The molecule has 0 heterocycles. The highest BCUT2D eigenvalue weighted by Crippen LogP contribution is 2.00. The SMILES string of the molecule is OC(CNCCOCc1ccccc1)C(F)F. The van der Waals surface area contributed by atoms with E-state index < -0.39 is 12.5 Å². The van der Waals surface area contributed by atoms with Crippen molar-refractivity contribution >= 4 is 0 Å². The van der Waals surface area contributed by atoms with Crippen LogP contribution in [0, 0.1) is 0 Å². The van der Waals surface area contributed by atoms with Crippen LogP contribution in [0.25, 0.3) is 0 Å². The molecule has 0 radical (unpaired) electrons. The normalized spacial score (nSPS) is 12.9. The molecule has 0 aromatic heterocycles. The minimum absolute atomic E-state index is 0.119. The van der Waals surface area contributed by atoms with Crippen LogP contribution in [0.2, 0.25) is 0 Å². The van der Waals surface area contributed by atoms with Gasteiger partial charge in [-0.05, 0) is 5.56 Å². The van der Waals surface area contributed by atoms with Crippen LogP contribution in [0.15, 0.2) is 30.3 Å². The van der Waals surface area contributed by atoms with Crippen molar-refractivity contribution in [3.05, 3.63) is 35.9 Å². The molecule has 0 spiro atoms. The van der Waals surface area contributed by atoms with Gasteiger partial charge in [-0.15, -0.1) is 0 Å². The Labute approximate surface area is 99.4 Å². The average molecular weight is 245 g/mol. The third-order valence-electron chi connectivity index (χ3n) is 2.18. The first-order valence-electron chi connectivity index (χ1n) is 5.48. The molecule has 17 heavy (non-hydrogen) atoms. The van der Waals surface area contributed by atoms with Crippen molar-refractivity contribution in [3.8, 4) is 0 Å². The summed E-state index contributed by atoms with van der Waals surface area (Å²) in [4.78, 5) is 0. The lowest BCUT2D eigenvalue weighted by Gasteiger charge is -2.10. The summed E-state index contributed by atoms with van der Waals surface area (Å²) in [7, 11) is 0. The van der Waals surface area contributed by atoms with Gasteiger partial charge in [-0.2, -0.15) is 0 Å². The van der Waals surface area contributed by atoms with Gasteiger partial charge < -0.3 is 15.2 Å². The molecular weight excluding hydrogens is 228 g/mol. The third kappa shape index (κ3) is 6.31. The minimum atomic E-state index is -2.70. The molecule has 1 aromatic carbocycles. The second kappa shape index (κ2) is 8.11. The van der Waals surface area contributed by atoms with E-state index >= 15 is 0 Å². The van der Waals surface area contributed by atoms with Gasteiger partial charge in [-0.25, -0.2) is 8.78 Å². The molecule has 0 amide bonds. The Balaban J connectivity index is 1.98. The van der Waals surface area contributed by atoms with E-state index in [4.69, 9.17) is 9.84 Å². The molecule has 0 fully saturated rings. The number of aliphatic hydroxyl groups excluding tert-OH is 1. The zero-order valence-corrected chi connectivity index (χ0v) is 9.48. The first-order chi connectivity index (χ1) is 8.20. The highest BCUT2D eigenvalue weighted by molar-refractivity contribution is 5.13. The van der Waals surface area contributed by atoms with E-state index in [2.05, 4.69) is 5.32 Å². The van der Waals surface area contributed by atoms with Gasteiger partial charge in [0.1, 0.15) is 6.10 Å². The van der Waals surface area contributed by atoms with Gasteiger partial charge in [0.15, 0.2) is 0 Å². The maximum atomic E-state index is 11.9. The molecule has 5 heteroatoms. The van der Waals surface area contributed by atoms with E-state index in [1.165, 1.54) is 0 Å². The number of halogens is 2. The van der Waals surface area contributed by atoms with E-state index in [9.17, 15) is 8.78 Å². The second-order valence-corrected chi connectivity index (χ2v) is 3.64. The Morgan fingerprint density at radius 1 is 1.24 bits per heavy atom. The standard InChI is InChI=1S/C12H17F2NO2/c13-12(14)11(16)8-15-6-7-17-9-10-4-2-1-3-5-10/h1-5,11-12,15-16H,6-9H2. The van der Waals surface area contributed by atoms with E-state index in [0.29, 0.717) is 19.8 Å². The van der Waals surface area contributed by atoms with Gasteiger partial charge in [0.05, 0.1) is 13.2 Å². The highest BCUT2D eigenvalue weighted by atomic mass is 19.3. The monoisotopic (exact) mass is 245 g/mol. The number of ether oxygens (including phenoxy) is 1. The van der Waals surface area contributed by atoms with Crippen molar-refractivity contribution in [2.24, 2.45) is 0 Å². The van der Waals surface area contributed by atoms with Gasteiger partial charge in [0.2, 0.25) is 0 Å². The molecule has 1 atom stereocenters. The van der Waals surface area contributed by atoms with E-state index in [-0.39, 0.29) is 6.54 Å². The zero-order valence-electron chi connectivity index (χ0n) is 9.48. The molecule has 1 aromatic rings. The Kier molecular flexibility index (Phi) is 6.69. The number of rotatable bonds is 8. The van der Waals surface area contributed by atoms with Gasteiger partial charge in [0.25, 0.3) is 6.43 Å². The predicted molar refractivity (Wildman–Crippen MR) is 61.0 cm³/mol. The van der Waals surface area contributed by atoms with Crippen LogP contribution in [-0.2, 0) is 11.3 Å². The fraction of sp³-hybridized carbons (Fsp3) is 0.500. The Morgan fingerprint density at radius 2 is 1.94 bits per heavy atom. The van der Waals surface area contributed by atoms with Crippen molar-refractivity contribution in [1.82, 2.24) is 5.32 Å². The number of hydrogen-bond acceptors (Lipinski definition) is 3. The van der Waals surface area contributed by atoms with Crippen molar-refractivity contribution in [1.29, 1.82) is 0 Å². The molecule has 0 saturated heterocycles. The van der Waals surface area contributed by atoms with E-state index in [0.717, 1.165) is 5.56 Å². The number of benzene rings is 1. The first-order valence-corrected chi connectivity index (χ1v) is 5.48. The molecule has 0 aliphatic carbocycles. The molecule has 96 valence electrons. The second-order valence-electron chi connectivity index (χ2n) is 3.64. The molecule has 2 N–H and O–H groups in total. The molecular formula is C12H17F2NO2. The highest BCUT2D eigenvalue weighted by Gasteiger charge is 2.15. The molecule has 1 unspecified atom stereocenters. The minimum Gasteiger partial charge on any atom is -0.386 e. The fourth-order valence-corrected chi connectivity index (χ4v) is 1.25. The van der Waals surface area contributed by atoms with Gasteiger partial charge in [-0.1, -0.05) is 30.3 Å². The van der Waals surface area contributed by atoms with Crippen LogP contribution < -0.4 is 5.32 Å². The van der Waals surface area contributed by atoms with Crippen molar-refractivity contribution in [2.75, 3.05) is 19.7 Å². The maximum Gasteiger partial charge on any atom is 0.265 e. The summed E-state index contributed by atoms with van der Waals surface area (Å²) in [6.07, 6.45) is -4.31. The van der Waals surface area contributed by atoms with Gasteiger partial charge >= 0.3 is 0 Å². The van der Waals surface area contributed by atoms with E-state index in [1.807, 2.05) is 30.3 Å². The molecule has 1 rings (SSSR count). The Morgan fingerprint density at radius 3 is 2.59 bits per heavy atom. The third-order valence-corrected chi connectivity index (χ3v) is 2.18. The summed E-state index contributed by atoms with van der Waals surface area (Å²) in [6, 6.07) is 9.69. The van der Waals surface area contributed by atoms with Crippen LogP contribution in [0.3, 0.4) is 0 Å². The van der Waals surface area contributed by atoms with Crippen LogP contribution in [0.5, 0.6) is 0 Å². The lowest BCUT2D eigenvalue weighted by atomic mass is 10.2. The predicted octanol–water partition coefficient (Wildman–Crippen LogP) is 1.42. The molecule has 3 nitrogen and oxygen atoms in total. The zero-order chi connectivity index (χ0) is 12.5. The van der Waals surface area contributed by atoms with Crippen LogP contribution in [-0.4, -0.2) is 37.3 Å². The van der Waals surface area contributed by atoms with Gasteiger partial charge in [0, 0.05) is 13.1 Å². The molecule has 0 aliphatic heterocycles. The molecule has 0 saturated carbocycles. The van der Waals surface area contributed by atoms with Crippen molar-refractivity contribution < 1.29 is 18.6 Å². The average Bonchev–Trinajstić information content (AvgIpc) is 2.34. The molecule has 0 bridgehead atoms. The van der Waals surface area contributed by atoms with Crippen molar-refractivity contribution in [2.45, 2.75) is 19.1 Å². The molecule has 0 aliphatic rings. The summed E-state index contributed by atoms with van der Waals surface area (Å²) in [5.41, 5.74) is 1.07.